The first-order chi connectivity index (χ1) is 8.54. The molecule has 1 atom stereocenters. The number of carbonyl (C=O) groups excluding carboxylic acids is 1. The van der Waals surface area contributed by atoms with E-state index < -0.39 is 0 Å². The standard InChI is InChI=1S/C13H19BN2O/c1-15(2)12(13(17)10-16(3)14)9-11-7-5-4-6-8-11/h4-8,12H,9-10H2,1-3H3/t12-/m0/s1/i1D. The summed E-state index contributed by atoms with van der Waals surface area (Å²) in [5, 5.41) is 0. The Kier molecular flexibility index (Phi) is 4.77. The number of rotatable bonds is 6. The van der Waals surface area contributed by atoms with Gasteiger partial charge in [-0.05, 0) is 33.1 Å². The molecule has 0 saturated heterocycles. The molecule has 1 aromatic carbocycles. The second-order valence-corrected chi connectivity index (χ2v) is 4.34. The second-order valence-electron chi connectivity index (χ2n) is 4.34. The van der Waals surface area contributed by atoms with Crippen LogP contribution in [0.2, 0.25) is 0 Å². The second kappa shape index (κ2) is 6.57. The quantitative estimate of drug-likeness (QED) is 0.675. The molecule has 4 heteroatoms. The van der Waals surface area contributed by atoms with E-state index in [2.05, 4.69) is 0 Å². The van der Waals surface area contributed by atoms with Gasteiger partial charge in [0, 0.05) is 7.92 Å². The molecule has 0 heterocycles. The highest BCUT2D eigenvalue weighted by molar-refractivity contribution is 6.06. The molecule has 1 aromatic rings. The third-order valence-electron chi connectivity index (χ3n) is 2.58. The third-order valence-corrected chi connectivity index (χ3v) is 2.58. The minimum Gasteiger partial charge on any atom is -0.350 e. The number of benzene rings is 1. The average Bonchev–Trinajstić information content (AvgIpc) is 2.35. The van der Waals surface area contributed by atoms with Gasteiger partial charge in [-0.3, -0.25) is 9.69 Å². The van der Waals surface area contributed by atoms with Crippen LogP contribution in [0.5, 0.6) is 0 Å². The zero-order valence-corrected chi connectivity index (χ0v) is 10.5. The molecule has 3 nitrogen and oxygen atoms in total. The molecule has 0 bridgehead atoms. The molecule has 2 radical (unpaired) electrons. The van der Waals surface area contributed by atoms with Gasteiger partial charge >= 0.3 is 0 Å². The summed E-state index contributed by atoms with van der Waals surface area (Å²) in [7, 11) is 9.06. The van der Waals surface area contributed by atoms with Gasteiger partial charge in [-0.25, -0.2) is 0 Å². The maximum absolute atomic E-state index is 12.1. The fourth-order valence-electron chi connectivity index (χ4n) is 1.70. The van der Waals surface area contributed by atoms with Crippen LogP contribution < -0.4 is 0 Å². The van der Waals surface area contributed by atoms with Crippen molar-refractivity contribution < 1.29 is 6.17 Å². The van der Waals surface area contributed by atoms with E-state index in [4.69, 9.17) is 9.35 Å². The van der Waals surface area contributed by atoms with Crippen LogP contribution in [0.25, 0.3) is 0 Å². The summed E-state index contributed by atoms with van der Waals surface area (Å²) < 4.78 is 7.41. The van der Waals surface area contributed by atoms with Crippen LogP contribution in [0.15, 0.2) is 30.3 Å². The molecular weight excluding hydrogens is 211 g/mol. The van der Waals surface area contributed by atoms with Crippen LogP contribution in [0.1, 0.15) is 6.93 Å². The zero-order chi connectivity index (χ0) is 13.5. The number of hydrogen-bond acceptors (Lipinski definition) is 3. The summed E-state index contributed by atoms with van der Waals surface area (Å²) in [6.07, 6.45) is 0.614. The Morgan fingerprint density at radius 1 is 1.41 bits per heavy atom. The van der Waals surface area contributed by atoms with E-state index in [9.17, 15) is 4.79 Å². The smallest absolute Gasteiger partial charge is 0.182 e. The van der Waals surface area contributed by atoms with Gasteiger partial charge in [0.2, 0.25) is 0 Å². The SMILES string of the molecule is [2H]CN(C)[C@@H](Cc1ccccc1)C(=O)CN([B])C. The number of carbonyl (C=O) groups is 1. The summed E-state index contributed by atoms with van der Waals surface area (Å²) in [5.74, 6) is 0.0404. The molecular formula is C13H19BN2O. The van der Waals surface area contributed by atoms with E-state index in [-0.39, 0.29) is 25.4 Å². The Labute approximate surface area is 106 Å². The van der Waals surface area contributed by atoms with Crippen LogP contribution in [-0.2, 0) is 11.2 Å². The van der Waals surface area contributed by atoms with Crippen molar-refractivity contribution in [3.8, 4) is 0 Å². The van der Waals surface area contributed by atoms with E-state index in [1.807, 2.05) is 30.3 Å². The van der Waals surface area contributed by atoms with Crippen molar-refractivity contribution in [3.05, 3.63) is 35.9 Å². The van der Waals surface area contributed by atoms with Gasteiger partial charge < -0.3 is 4.81 Å². The highest BCUT2D eigenvalue weighted by atomic mass is 16.1. The van der Waals surface area contributed by atoms with E-state index in [1.54, 1.807) is 19.0 Å². The largest absolute Gasteiger partial charge is 0.350 e. The normalized spacial score (nSPS) is 13.8. The molecule has 0 aliphatic rings. The molecule has 0 spiro atoms. The highest BCUT2D eigenvalue weighted by Crippen LogP contribution is 2.08. The fourth-order valence-corrected chi connectivity index (χ4v) is 1.70. The molecule has 1 rings (SSSR count). The zero-order valence-electron chi connectivity index (χ0n) is 11.5. The van der Waals surface area contributed by atoms with Crippen molar-refractivity contribution >= 4 is 13.8 Å². The molecule has 0 N–H and O–H groups in total. The Hall–Kier alpha value is -1.13. The van der Waals surface area contributed by atoms with Crippen LogP contribution in [-0.4, -0.2) is 57.2 Å². The van der Waals surface area contributed by atoms with Crippen molar-refractivity contribution in [1.82, 2.24) is 9.71 Å². The maximum Gasteiger partial charge on any atom is 0.182 e. The first kappa shape index (κ1) is 12.3. The first-order valence-corrected chi connectivity index (χ1v) is 5.56. The number of Topliss-reactive ketones (excluding diaryl/α,β-unsaturated/α-hetero) is 1. The summed E-state index contributed by atoms with van der Waals surface area (Å²) in [4.78, 5) is 15.2. The molecule has 0 aromatic heterocycles. The van der Waals surface area contributed by atoms with E-state index >= 15 is 0 Å². The minimum atomic E-state index is -0.295. The summed E-state index contributed by atoms with van der Waals surface area (Å²) >= 11 is 0. The Bertz CT molecular complexity index is 373. The van der Waals surface area contributed by atoms with E-state index in [0.717, 1.165) is 5.56 Å². The topological polar surface area (TPSA) is 23.6 Å². The van der Waals surface area contributed by atoms with Gasteiger partial charge in [0.05, 0.1) is 6.04 Å². The first-order valence-electron chi connectivity index (χ1n) is 6.27. The maximum atomic E-state index is 12.1. The van der Waals surface area contributed by atoms with Crippen molar-refractivity contribution in [2.75, 3.05) is 27.7 Å². The minimum absolute atomic E-state index is 0.0404. The fraction of sp³-hybridized carbons (Fsp3) is 0.462. The molecule has 0 aliphatic carbocycles. The predicted molar refractivity (Wildman–Crippen MR) is 71.0 cm³/mol. The lowest BCUT2D eigenvalue weighted by Gasteiger charge is -2.24. The van der Waals surface area contributed by atoms with Gasteiger partial charge in [0.25, 0.3) is 0 Å². The Morgan fingerprint density at radius 2 is 2.06 bits per heavy atom. The Balaban J connectivity index is 2.76. The summed E-state index contributed by atoms with van der Waals surface area (Å²) in [5.41, 5.74) is 1.09. The monoisotopic (exact) mass is 231 g/mol. The molecule has 17 heavy (non-hydrogen) atoms. The number of nitrogens with zero attached hydrogens (tertiary/aromatic N) is 2. The average molecular weight is 231 g/mol. The van der Waals surface area contributed by atoms with Gasteiger partial charge in [0.1, 0.15) is 0 Å². The lowest BCUT2D eigenvalue weighted by atomic mass is 10.0. The predicted octanol–water partition coefficient (Wildman–Crippen LogP) is 0.744. The molecule has 0 amide bonds. The van der Waals surface area contributed by atoms with Crippen molar-refractivity contribution in [1.29, 1.82) is 0 Å². The molecule has 0 aliphatic heterocycles. The van der Waals surface area contributed by atoms with Gasteiger partial charge in [0.15, 0.2) is 13.8 Å². The molecule has 0 saturated carbocycles. The van der Waals surface area contributed by atoms with Crippen molar-refractivity contribution in [2.24, 2.45) is 0 Å². The summed E-state index contributed by atoms with van der Waals surface area (Å²) in [6, 6.07) is 9.53. The van der Waals surface area contributed by atoms with E-state index in [1.165, 1.54) is 4.81 Å². The summed E-state index contributed by atoms with van der Waals surface area (Å²) in [6.45, 7) is 0.196. The Morgan fingerprint density at radius 3 is 2.59 bits per heavy atom. The van der Waals surface area contributed by atoms with Crippen molar-refractivity contribution in [2.45, 2.75) is 12.5 Å². The van der Waals surface area contributed by atoms with Gasteiger partial charge in [-0.15, -0.1) is 0 Å². The van der Waals surface area contributed by atoms with Gasteiger partial charge in [-0.1, -0.05) is 30.3 Å². The lowest BCUT2D eigenvalue weighted by molar-refractivity contribution is -0.123. The molecule has 90 valence electrons. The lowest BCUT2D eigenvalue weighted by Crippen LogP contribution is -2.42. The van der Waals surface area contributed by atoms with Crippen LogP contribution in [0, 0.1) is 0 Å². The van der Waals surface area contributed by atoms with Crippen LogP contribution in [0.3, 0.4) is 0 Å². The van der Waals surface area contributed by atoms with Crippen LogP contribution in [0.4, 0.5) is 0 Å². The third kappa shape index (κ3) is 4.71. The van der Waals surface area contributed by atoms with Crippen LogP contribution >= 0.6 is 0 Å². The van der Waals surface area contributed by atoms with Crippen molar-refractivity contribution in [3.63, 3.8) is 0 Å². The highest BCUT2D eigenvalue weighted by Gasteiger charge is 2.20. The molecule has 0 fully saturated rings. The van der Waals surface area contributed by atoms with E-state index in [0.29, 0.717) is 6.42 Å². The number of hydrogen-bond donors (Lipinski definition) is 0. The molecule has 0 unspecified atom stereocenters. The van der Waals surface area contributed by atoms with Gasteiger partial charge in [-0.2, -0.15) is 0 Å². The number of likely N-dealkylation sites (N-methyl/N-ethyl adjacent to an activating group) is 2. The number of ketones is 1.